The Hall–Kier alpha value is -3.30. The molecule has 8 nitrogen and oxygen atoms in total. The molecule has 0 bridgehead atoms. The summed E-state index contributed by atoms with van der Waals surface area (Å²) in [4.78, 5) is 27.7. The van der Waals surface area contributed by atoms with Crippen LogP contribution in [0.1, 0.15) is 17.4 Å². The quantitative estimate of drug-likeness (QED) is 0.554. The van der Waals surface area contributed by atoms with Crippen molar-refractivity contribution in [2.24, 2.45) is 0 Å². The lowest BCUT2D eigenvalue weighted by Gasteiger charge is -2.29. The van der Waals surface area contributed by atoms with E-state index in [1.165, 1.54) is 12.1 Å². The molecule has 1 aromatic carbocycles. The number of ether oxygens (including phenoxy) is 2. The number of halogens is 2. The third-order valence-electron chi connectivity index (χ3n) is 4.71. The first-order valence-electron chi connectivity index (χ1n) is 10.1. The van der Waals surface area contributed by atoms with Crippen LogP contribution in [0.3, 0.4) is 0 Å². The number of anilines is 3. The van der Waals surface area contributed by atoms with E-state index in [0.717, 1.165) is 0 Å². The van der Waals surface area contributed by atoms with Crippen LogP contribution in [0.15, 0.2) is 42.6 Å². The van der Waals surface area contributed by atoms with Crippen LogP contribution in [0.25, 0.3) is 11.3 Å². The predicted octanol–water partition coefficient (Wildman–Crippen LogP) is 4.09. The first-order chi connectivity index (χ1) is 15.5. The van der Waals surface area contributed by atoms with Gasteiger partial charge in [0.25, 0.3) is 0 Å². The number of hydrogen-bond acceptors (Lipinski definition) is 8. The zero-order chi connectivity index (χ0) is 22.5. The van der Waals surface area contributed by atoms with Gasteiger partial charge in [0.2, 0.25) is 5.95 Å². The Bertz CT molecular complexity index is 1100. The molecule has 1 fully saturated rings. The number of carbonyl (C=O) groups excluding carboxylic acids is 1. The summed E-state index contributed by atoms with van der Waals surface area (Å²) in [5.41, 5.74) is 1.82. The van der Waals surface area contributed by atoms with Crippen LogP contribution in [0.2, 0.25) is 5.02 Å². The average Bonchev–Trinajstić information content (AvgIpc) is 2.79. The zero-order valence-corrected chi connectivity index (χ0v) is 18.1. The van der Waals surface area contributed by atoms with Crippen molar-refractivity contribution in [1.82, 2.24) is 15.0 Å². The molecule has 0 unspecified atom stereocenters. The standard InChI is InChI=1S/C22H21ClFN5O3/c1-2-32-21(30)19-5-3-4-18(27-19)17-13-25-22(26-16-11-14(23)10-15(24)12-16)28-20(17)29-6-8-31-9-7-29/h3-5,10-13H,2,6-9H2,1H3,(H,25,26,28). The lowest BCUT2D eigenvalue weighted by molar-refractivity contribution is 0.0519. The Morgan fingerprint density at radius 3 is 2.81 bits per heavy atom. The fourth-order valence-electron chi connectivity index (χ4n) is 3.29. The minimum absolute atomic E-state index is 0.203. The van der Waals surface area contributed by atoms with Gasteiger partial charge in [0.15, 0.2) is 0 Å². The topological polar surface area (TPSA) is 89.5 Å². The van der Waals surface area contributed by atoms with E-state index in [9.17, 15) is 9.18 Å². The first-order valence-corrected chi connectivity index (χ1v) is 10.5. The van der Waals surface area contributed by atoms with E-state index >= 15 is 0 Å². The van der Waals surface area contributed by atoms with Crippen molar-refractivity contribution in [2.75, 3.05) is 43.1 Å². The van der Waals surface area contributed by atoms with Gasteiger partial charge in [-0.05, 0) is 37.3 Å². The number of rotatable bonds is 6. The number of esters is 1. The number of aromatic nitrogens is 3. The van der Waals surface area contributed by atoms with Crippen LogP contribution in [-0.2, 0) is 9.47 Å². The fourth-order valence-corrected chi connectivity index (χ4v) is 3.51. The summed E-state index contributed by atoms with van der Waals surface area (Å²) in [5.74, 6) is -0.0604. The van der Waals surface area contributed by atoms with Gasteiger partial charge in [-0.2, -0.15) is 4.98 Å². The number of morpholine rings is 1. The van der Waals surface area contributed by atoms with Crippen LogP contribution in [-0.4, -0.2) is 53.8 Å². The number of nitrogens with zero attached hydrogens (tertiary/aromatic N) is 4. The van der Waals surface area contributed by atoms with Crippen LogP contribution >= 0.6 is 11.6 Å². The van der Waals surface area contributed by atoms with Gasteiger partial charge >= 0.3 is 5.97 Å². The Labute approximate surface area is 189 Å². The molecule has 0 saturated carbocycles. The lowest BCUT2D eigenvalue weighted by Crippen LogP contribution is -2.37. The van der Waals surface area contributed by atoms with Gasteiger partial charge < -0.3 is 19.7 Å². The van der Waals surface area contributed by atoms with Gasteiger partial charge in [-0.25, -0.2) is 19.2 Å². The summed E-state index contributed by atoms with van der Waals surface area (Å²) in [6.45, 7) is 4.38. The number of benzene rings is 1. The van der Waals surface area contributed by atoms with Crippen LogP contribution in [0.4, 0.5) is 21.8 Å². The van der Waals surface area contributed by atoms with Crippen molar-refractivity contribution in [3.63, 3.8) is 0 Å². The number of carbonyl (C=O) groups is 1. The van der Waals surface area contributed by atoms with Crippen molar-refractivity contribution >= 4 is 35.0 Å². The minimum atomic E-state index is -0.496. The molecule has 0 aliphatic carbocycles. The molecular weight excluding hydrogens is 437 g/mol. The summed E-state index contributed by atoms with van der Waals surface area (Å²) in [6, 6.07) is 9.23. The van der Waals surface area contributed by atoms with Crippen molar-refractivity contribution in [2.45, 2.75) is 6.92 Å². The highest BCUT2D eigenvalue weighted by atomic mass is 35.5. The van der Waals surface area contributed by atoms with E-state index in [0.29, 0.717) is 49.1 Å². The van der Waals surface area contributed by atoms with Gasteiger partial charge in [-0.15, -0.1) is 0 Å². The van der Waals surface area contributed by atoms with E-state index in [4.69, 9.17) is 21.1 Å². The summed E-state index contributed by atoms with van der Waals surface area (Å²) in [5, 5.41) is 3.25. The molecule has 0 amide bonds. The van der Waals surface area contributed by atoms with Gasteiger partial charge in [0, 0.05) is 30.0 Å². The highest BCUT2D eigenvalue weighted by Crippen LogP contribution is 2.30. The highest BCUT2D eigenvalue weighted by molar-refractivity contribution is 6.30. The normalized spacial score (nSPS) is 13.7. The first kappa shape index (κ1) is 21.9. The molecule has 2 aromatic heterocycles. The monoisotopic (exact) mass is 457 g/mol. The summed E-state index contributed by atoms with van der Waals surface area (Å²) in [7, 11) is 0. The lowest BCUT2D eigenvalue weighted by atomic mass is 10.1. The Morgan fingerprint density at radius 2 is 2.06 bits per heavy atom. The van der Waals surface area contributed by atoms with E-state index < -0.39 is 11.8 Å². The van der Waals surface area contributed by atoms with Gasteiger partial charge in [0.1, 0.15) is 17.3 Å². The molecular formula is C22H21ClFN5O3. The molecule has 10 heteroatoms. The molecule has 1 saturated heterocycles. The van der Waals surface area contributed by atoms with Gasteiger partial charge in [0.05, 0.1) is 31.1 Å². The van der Waals surface area contributed by atoms with Crippen molar-refractivity contribution in [3.8, 4) is 11.3 Å². The Kier molecular flexibility index (Phi) is 6.77. The average molecular weight is 458 g/mol. The fraction of sp³-hybridized carbons (Fsp3) is 0.273. The van der Waals surface area contributed by atoms with Crippen molar-refractivity contribution in [3.05, 3.63) is 59.1 Å². The van der Waals surface area contributed by atoms with E-state index in [2.05, 4.69) is 25.2 Å². The maximum Gasteiger partial charge on any atom is 0.356 e. The third kappa shape index (κ3) is 5.12. The summed E-state index contributed by atoms with van der Waals surface area (Å²) in [6.07, 6.45) is 1.62. The molecule has 1 aliphatic rings. The van der Waals surface area contributed by atoms with Crippen molar-refractivity contribution < 1.29 is 18.7 Å². The maximum absolute atomic E-state index is 13.7. The van der Waals surface area contributed by atoms with Crippen molar-refractivity contribution in [1.29, 1.82) is 0 Å². The highest BCUT2D eigenvalue weighted by Gasteiger charge is 2.21. The van der Waals surface area contributed by atoms with E-state index in [1.54, 1.807) is 37.4 Å². The van der Waals surface area contributed by atoms with Gasteiger partial charge in [-0.1, -0.05) is 17.7 Å². The second-order valence-electron chi connectivity index (χ2n) is 6.94. The van der Waals surface area contributed by atoms with E-state index in [-0.39, 0.29) is 23.3 Å². The molecule has 166 valence electrons. The molecule has 3 aromatic rings. The molecule has 1 N–H and O–H groups in total. The minimum Gasteiger partial charge on any atom is -0.461 e. The third-order valence-corrected chi connectivity index (χ3v) is 4.93. The van der Waals surface area contributed by atoms with E-state index in [1.807, 2.05) is 0 Å². The molecule has 0 radical (unpaired) electrons. The molecule has 0 spiro atoms. The SMILES string of the molecule is CCOC(=O)c1cccc(-c2cnc(Nc3cc(F)cc(Cl)c3)nc2N2CCOCC2)n1. The second-order valence-corrected chi connectivity index (χ2v) is 7.38. The largest absolute Gasteiger partial charge is 0.461 e. The molecule has 4 rings (SSSR count). The van der Waals surface area contributed by atoms with Crippen LogP contribution in [0.5, 0.6) is 0 Å². The number of nitrogens with one attached hydrogen (secondary N) is 1. The number of pyridine rings is 1. The summed E-state index contributed by atoms with van der Waals surface area (Å²) >= 11 is 5.95. The summed E-state index contributed by atoms with van der Waals surface area (Å²) < 4.78 is 24.2. The smallest absolute Gasteiger partial charge is 0.356 e. The zero-order valence-electron chi connectivity index (χ0n) is 17.3. The van der Waals surface area contributed by atoms with Crippen LogP contribution in [0, 0.1) is 5.82 Å². The predicted molar refractivity (Wildman–Crippen MR) is 119 cm³/mol. The maximum atomic E-state index is 13.7. The molecule has 3 heterocycles. The van der Waals surface area contributed by atoms with Gasteiger partial charge in [-0.3, -0.25) is 0 Å². The molecule has 1 aliphatic heterocycles. The Morgan fingerprint density at radius 1 is 1.25 bits per heavy atom. The van der Waals surface area contributed by atoms with Crippen LogP contribution < -0.4 is 10.2 Å². The molecule has 0 atom stereocenters. The number of hydrogen-bond donors (Lipinski definition) is 1. The Balaban J connectivity index is 1.72. The molecule has 32 heavy (non-hydrogen) atoms. The second kappa shape index (κ2) is 9.88.